The van der Waals surface area contributed by atoms with Gasteiger partial charge in [-0.1, -0.05) is 11.3 Å². The Hall–Kier alpha value is -2.25. The van der Waals surface area contributed by atoms with Gasteiger partial charge in [0.25, 0.3) is 0 Å². The molecule has 0 spiro atoms. The highest BCUT2D eigenvalue weighted by Gasteiger charge is 2.31. The Morgan fingerprint density at radius 2 is 1.93 bits per heavy atom. The van der Waals surface area contributed by atoms with Crippen LogP contribution in [0.2, 0.25) is 0 Å². The number of anilines is 1. The summed E-state index contributed by atoms with van der Waals surface area (Å²) in [5, 5.41) is 1.12. The number of aromatic nitrogens is 4. The highest BCUT2D eigenvalue weighted by Crippen LogP contribution is 2.36. The molecule has 0 aromatic carbocycles. The van der Waals surface area contributed by atoms with Gasteiger partial charge in [-0.25, -0.2) is 9.97 Å². The summed E-state index contributed by atoms with van der Waals surface area (Å²) in [5.74, 6) is 1.44. The number of ether oxygens (including phenoxy) is 1. The lowest BCUT2D eigenvalue weighted by atomic mass is 9.95. The average molecular weight is 382 g/mol. The maximum absolute atomic E-state index is 5.86. The van der Waals surface area contributed by atoms with Crippen LogP contribution in [0.25, 0.3) is 10.7 Å². The summed E-state index contributed by atoms with van der Waals surface area (Å²) in [6.07, 6.45) is 13.2. The second kappa shape index (κ2) is 7.40. The molecule has 2 aliphatic heterocycles. The molecule has 140 valence electrons. The molecule has 0 aliphatic carbocycles. The Morgan fingerprint density at radius 1 is 1.07 bits per heavy atom. The summed E-state index contributed by atoms with van der Waals surface area (Å²) in [4.78, 5) is 17.0. The molecule has 0 amide bonds. The van der Waals surface area contributed by atoms with Crippen molar-refractivity contribution in [2.24, 2.45) is 5.92 Å². The van der Waals surface area contributed by atoms with Crippen LogP contribution in [-0.2, 0) is 11.2 Å². The molecule has 5 rings (SSSR count). The van der Waals surface area contributed by atoms with Crippen LogP contribution in [0.4, 0.5) is 5.13 Å². The zero-order valence-electron chi connectivity index (χ0n) is 15.2. The van der Waals surface area contributed by atoms with E-state index in [1.54, 1.807) is 11.3 Å². The number of rotatable bonds is 5. The minimum Gasteiger partial charge on any atom is -0.379 e. The standard InChI is InChI=1S/C20H23N5OS/c1-2-9-24(8-1)20-23-12-18(27-20)19-22-7-10-25(19)17-14-26-13-16(17)11-15-3-5-21-6-4-15/h3-7,10,12,16-17H,1-2,8-9,11,13-14H2/t16-,17-/m1/s1. The van der Waals surface area contributed by atoms with Crippen LogP contribution in [0.3, 0.4) is 0 Å². The Morgan fingerprint density at radius 3 is 2.78 bits per heavy atom. The normalized spacial score (nSPS) is 22.6. The van der Waals surface area contributed by atoms with Crippen LogP contribution in [0.1, 0.15) is 24.4 Å². The predicted molar refractivity (Wildman–Crippen MR) is 106 cm³/mol. The van der Waals surface area contributed by atoms with E-state index in [-0.39, 0.29) is 0 Å². The molecule has 3 aromatic heterocycles. The first-order valence-electron chi connectivity index (χ1n) is 9.59. The van der Waals surface area contributed by atoms with Gasteiger partial charge in [-0.2, -0.15) is 0 Å². The first kappa shape index (κ1) is 16.9. The van der Waals surface area contributed by atoms with Crippen molar-refractivity contribution in [2.75, 3.05) is 31.2 Å². The molecule has 0 saturated carbocycles. The first-order chi connectivity index (χ1) is 13.4. The molecular weight excluding hydrogens is 358 g/mol. The van der Waals surface area contributed by atoms with Crippen LogP contribution in [-0.4, -0.2) is 45.8 Å². The zero-order chi connectivity index (χ0) is 18.1. The molecule has 6 nitrogen and oxygen atoms in total. The van der Waals surface area contributed by atoms with Gasteiger partial charge in [0.05, 0.1) is 30.3 Å². The van der Waals surface area contributed by atoms with Crippen LogP contribution in [0, 0.1) is 5.92 Å². The van der Waals surface area contributed by atoms with Crippen molar-refractivity contribution in [2.45, 2.75) is 25.3 Å². The number of nitrogens with zero attached hydrogens (tertiary/aromatic N) is 5. The van der Waals surface area contributed by atoms with E-state index in [1.165, 1.54) is 18.4 Å². The zero-order valence-corrected chi connectivity index (χ0v) is 16.0. The second-order valence-electron chi connectivity index (χ2n) is 7.28. The van der Waals surface area contributed by atoms with Crippen molar-refractivity contribution < 1.29 is 4.74 Å². The van der Waals surface area contributed by atoms with E-state index >= 15 is 0 Å². The number of hydrogen-bond donors (Lipinski definition) is 0. The van der Waals surface area contributed by atoms with Crippen molar-refractivity contribution in [3.8, 4) is 10.7 Å². The molecule has 2 saturated heterocycles. The van der Waals surface area contributed by atoms with Gasteiger partial charge in [-0.05, 0) is 37.0 Å². The molecule has 0 N–H and O–H groups in total. The number of pyridine rings is 1. The van der Waals surface area contributed by atoms with Gasteiger partial charge in [0.15, 0.2) is 11.0 Å². The van der Waals surface area contributed by atoms with Gasteiger partial charge in [0.2, 0.25) is 0 Å². The van der Waals surface area contributed by atoms with E-state index in [1.807, 2.05) is 24.8 Å². The van der Waals surface area contributed by atoms with E-state index in [2.05, 4.69) is 42.7 Å². The molecule has 2 atom stereocenters. The highest BCUT2D eigenvalue weighted by atomic mass is 32.1. The molecule has 7 heteroatoms. The molecule has 2 fully saturated rings. The predicted octanol–water partition coefficient (Wildman–Crippen LogP) is 3.43. The Balaban J connectivity index is 1.39. The Bertz CT molecular complexity index is 887. The molecule has 2 aliphatic rings. The largest absolute Gasteiger partial charge is 0.379 e. The van der Waals surface area contributed by atoms with Gasteiger partial charge in [-0.3, -0.25) is 4.98 Å². The fraction of sp³-hybridized carbons (Fsp3) is 0.450. The lowest BCUT2D eigenvalue weighted by Crippen LogP contribution is -2.20. The van der Waals surface area contributed by atoms with Gasteiger partial charge in [-0.15, -0.1) is 0 Å². The number of hydrogen-bond acceptors (Lipinski definition) is 6. The highest BCUT2D eigenvalue weighted by molar-refractivity contribution is 7.18. The number of thiazole rings is 1. The summed E-state index contributed by atoms with van der Waals surface area (Å²) in [6, 6.07) is 4.49. The third-order valence-electron chi connectivity index (χ3n) is 5.53. The van der Waals surface area contributed by atoms with Crippen LogP contribution in [0.15, 0.2) is 43.1 Å². The molecule has 0 unspecified atom stereocenters. The van der Waals surface area contributed by atoms with Crippen molar-refractivity contribution in [3.05, 3.63) is 48.7 Å². The van der Waals surface area contributed by atoms with E-state index in [9.17, 15) is 0 Å². The fourth-order valence-electron chi connectivity index (χ4n) is 4.11. The lowest BCUT2D eigenvalue weighted by molar-refractivity contribution is 0.181. The molecule has 0 bridgehead atoms. The van der Waals surface area contributed by atoms with E-state index < -0.39 is 0 Å². The van der Waals surface area contributed by atoms with Crippen molar-refractivity contribution in [1.82, 2.24) is 19.5 Å². The maximum atomic E-state index is 5.86. The molecule has 3 aromatic rings. The third kappa shape index (κ3) is 3.37. The molecule has 5 heterocycles. The molecule has 27 heavy (non-hydrogen) atoms. The monoisotopic (exact) mass is 381 g/mol. The van der Waals surface area contributed by atoms with Crippen molar-refractivity contribution in [1.29, 1.82) is 0 Å². The third-order valence-corrected chi connectivity index (χ3v) is 6.58. The van der Waals surface area contributed by atoms with E-state index in [0.29, 0.717) is 12.0 Å². The van der Waals surface area contributed by atoms with Crippen molar-refractivity contribution in [3.63, 3.8) is 0 Å². The SMILES string of the molecule is c1cc(C[C@@H]2COC[C@H]2n2ccnc2-c2cnc(N3CCCC3)s2)ccn1. The van der Waals surface area contributed by atoms with Crippen molar-refractivity contribution >= 4 is 16.5 Å². The second-order valence-corrected chi connectivity index (χ2v) is 8.29. The first-order valence-corrected chi connectivity index (χ1v) is 10.4. The minimum atomic E-state index is 0.299. The van der Waals surface area contributed by atoms with E-state index in [0.717, 1.165) is 48.6 Å². The Labute approximate surface area is 162 Å². The summed E-state index contributed by atoms with van der Waals surface area (Å²) < 4.78 is 8.15. The van der Waals surface area contributed by atoms with Gasteiger partial charge >= 0.3 is 0 Å². The lowest BCUT2D eigenvalue weighted by Gasteiger charge is -2.21. The number of imidazole rings is 1. The van der Waals surface area contributed by atoms with Gasteiger partial charge in [0.1, 0.15) is 0 Å². The average Bonchev–Trinajstić information content (AvgIpc) is 3.47. The summed E-state index contributed by atoms with van der Waals surface area (Å²) >= 11 is 1.75. The minimum absolute atomic E-state index is 0.299. The quantitative estimate of drug-likeness (QED) is 0.678. The van der Waals surface area contributed by atoms with Crippen LogP contribution < -0.4 is 4.90 Å². The molecule has 0 radical (unpaired) electrons. The van der Waals surface area contributed by atoms with Gasteiger partial charge in [0, 0.05) is 43.8 Å². The van der Waals surface area contributed by atoms with Crippen LogP contribution in [0.5, 0.6) is 0 Å². The molecular formula is C20H23N5OS. The van der Waals surface area contributed by atoms with Gasteiger partial charge < -0.3 is 14.2 Å². The topological polar surface area (TPSA) is 56.1 Å². The summed E-state index contributed by atoms with van der Waals surface area (Å²) in [5.41, 5.74) is 1.31. The summed E-state index contributed by atoms with van der Waals surface area (Å²) in [7, 11) is 0. The van der Waals surface area contributed by atoms with Crippen LogP contribution >= 0.6 is 11.3 Å². The van der Waals surface area contributed by atoms with E-state index in [4.69, 9.17) is 4.74 Å². The smallest absolute Gasteiger partial charge is 0.185 e. The Kier molecular flexibility index (Phi) is 4.63. The summed E-state index contributed by atoms with van der Waals surface area (Å²) in [6.45, 7) is 3.75. The fourth-order valence-corrected chi connectivity index (χ4v) is 5.07. The maximum Gasteiger partial charge on any atom is 0.185 e.